The lowest BCUT2D eigenvalue weighted by atomic mass is 10.1. The van der Waals surface area contributed by atoms with Crippen molar-refractivity contribution in [2.75, 3.05) is 19.0 Å². The van der Waals surface area contributed by atoms with Crippen molar-refractivity contribution in [3.63, 3.8) is 0 Å². The second-order valence-corrected chi connectivity index (χ2v) is 7.70. The topological polar surface area (TPSA) is 90.4 Å². The molecule has 0 aliphatic carbocycles. The van der Waals surface area contributed by atoms with Crippen molar-refractivity contribution < 1.29 is 19.1 Å². The van der Waals surface area contributed by atoms with Crippen molar-refractivity contribution in [2.24, 2.45) is 0 Å². The first-order valence-corrected chi connectivity index (χ1v) is 10.5. The Hall–Kier alpha value is -4.04. The van der Waals surface area contributed by atoms with E-state index < -0.39 is 0 Å². The number of rotatable bonds is 8. The number of methoxy groups -OCH3 is 1. The molecule has 4 rings (SSSR count). The lowest BCUT2D eigenvalue weighted by molar-refractivity contribution is -0.118. The molecule has 4 aromatic rings. The lowest BCUT2D eigenvalue weighted by Crippen LogP contribution is -2.20. The number of benzene rings is 2. The molecule has 0 unspecified atom stereocenters. The summed E-state index contributed by atoms with van der Waals surface area (Å²) in [6, 6.07) is 16.1. The highest BCUT2D eigenvalue weighted by atomic mass is 32.1. The van der Waals surface area contributed by atoms with Crippen molar-refractivity contribution in [2.45, 2.75) is 0 Å². The quantitative estimate of drug-likeness (QED) is 0.315. The summed E-state index contributed by atoms with van der Waals surface area (Å²) in [5.41, 5.74) is 2.14. The van der Waals surface area contributed by atoms with Gasteiger partial charge in [-0.2, -0.15) is 0 Å². The van der Waals surface area contributed by atoms with Gasteiger partial charge in [0, 0.05) is 18.0 Å². The van der Waals surface area contributed by atoms with E-state index >= 15 is 0 Å². The van der Waals surface area contributed by atoms with Crippen LogP contribution in [0.2, 0.25) is 0 Å². The van der Waals surface area contributed by atoms with Gasteiger partial charge in [0.2, 0.25) is 0 Å². The van der Waals surface area contributed by atoms with Crippen LogP contribution in [0.25, 0.3) is 16.3 Å². The number of pyridine rings is 1. The fourth-order valence-electron chi connectivity index (χ4n) is 2.91. The SMILES string of the molecule is COc1cc(C(=O)C=Cc2ccncc2)ccc1OCC(=O)Nc1nc2ccccc2s1. The molecule has 0 saturated heterocycles. The second kappa shape index (κ2) is 9.84. The number of para-hydroxylation sites is 1. The largest absolute Gasteiger partial charge is 0.493 e. The number of ketones is 1. The molecule has 7 nitrogen and oxygen atoms in total. The third kappa shape index (κ3) is 5.16. The smallest absolute Gasteiger partial charge is 0.264 e. The Morgan fingerprint density at radius 1 is 1.06 bits per heavy atom. The van der Waals surface area contributed by atoms with Crippen molar-refractivity contribution in [1.82, 2.24) is 9.97 Å². The first kappa shape index (κ1) is 21.2. The second-order valence-electron chi connectivity index (χ2n) is 6.67. The Morgan fingerprint density at radius 2 is 1.88 bits per heavy atom. The monoisotopic (exact) mass is 445 g/mol. The average Bonchev–Trinajstić information content (AvgIpc) is 3.24. The molecule has 0 saturated carbocycles. The molecule has 0 aliphatic rings. The zero-order valence-corrected chi connectivity index (χ0v) is 18.0. The van der Waals surface area contributed by atoms with Gasteiger partial charge in [-0.15, -0.1) is 0 Å². The number of fused-ring (bicyclic) bond motifs is 1. The normalized spacial score (nSPS) is 10.9. The minimum absolute atomic E-state index is 0.180. The fourth-order valence-corrected chi connectivity index (χ4v) is 3.79. The number of thiazole rings is 1. The van der Waals surface area contributed by atoms with E-state index in [1.165, 1.54) is 24.5 Å². The minimum atomic E-state index is -0.341. The number of allylic oxidation sites excluding steroid dienone is 1. The molecule has 2 aromatic carbocycles. The summed E-state index contributed by atoms with van der Waals surface area (Å²) >= 11 is 1.39. The van der Waals surface area contributed by atoms with Crippen LogP contribution in [0.15, 0.2) is 73.1 Å². The predicted octanol–water partition coefficient (Wildman–Crippen LogP) is 4.61. The minimum Gasteiger partial charge on any atom is -0.493 e. The van der Waals surface area contributed by atoms with Crippen molar-refractivity contribution in [3.05, 3.63) is 84.2 Å². The van der Waals surface area contributed by atoms with Gasteiger partial charge >= 0.3 is 0 Å². The number of amides is 1. The van der Waals surface area contributed by atoms with E-state index in [0.29, 0.717) is 22.2 Å². The Balaban J connectivity index is 1.38. The van der Waals surface area contributed by atoms with E-state index in [9.17, 15) is 9.59 Å². The maximum Gasteiger partial charge on any atom is 0.264 e. The molecule has 0 atom stereocenters. The van der Waals surface area contributed by atoms with Gasteiger partial charge in [0.15, 0.2) is 29.0 Å². The van der Waals surface area contributed by atoms with E-state index in [4.69, 9.17) is 9.47 Å². The standard InChI is InChI=1S/C24H19N3O4S/c1-30-21-14-17(19(28)8-6-16-10-12-25-13-11-16)7-9-20(21)31-15-23(29)27-24-26-18-4-2-3-5-22(18)32-24/h2-14H,15H2,1H3,(H,26,27,29). The highest BCUT2D eigenvalue weighted by Crippen LogP contribution is 2.29. The molecule has 1 N–H and O–H groups in total. The third-order valence-electron chi connectivity index (χ3n) is 4.48. The van der Waals surface area contributed by atoms with Crippen LogP contribution in [0.1, 0.15) is 15.9 Å². The van der Waals surface area contributed by atoms with E-state index in [-0.39, 0.29) is 18.3 Å². The van der Waals surface area contributed by atoms with Crippen LogP contribution >= 0.6 is 11.3 Å². The van der Waals surface area contributed by atoms with Crippen LogP contribution < -0.4 is 14.8 Å². The molecule has 2 aromatic heterocycles. The van der Waals surface area contributed by atoms with Gasteiger partial charge in [0.25, 0.3) is 5.91 Å². The van der Waals surface area contributed by atoms with E-state index in [0.717, 1.165) is 15.8 Å². The van der Waals surface area contributed by atoms with Gasteiger partial charge in [-0.05, 0) is 54.1 Å². The molecular formula is C24H19N3O4S. The third-order valence-corrected chi connectivity index (χ3v) is 5.43. The number of carbonyl (C=O) groups is 2. The molecule has 0 aliphatic heterocycles. The first-order valence-electron chi connectivity index (χ1n) is 9.71. The lowest BCUT2D eigenvalue weighted by Gasteiger charge is -2.11. The summed E-state index contributed by atoms with van der Waals surface area (Å²) in [7, 11) is 1.48. The maximum atomic E-state index is 12.5. The number of hydrogen-bond acceptors (Lipinski definition) is 7. The summed E-state index contributed by atoms with van der Waals surface area (Å²) < 4.78 is 11.9. The summed E-state index contributed by atoms with van der Waals surface area (Å²) in [5.74, 6) is 0.203. The Morgan fingerprint density at radius 3 is 2.66 bits per heavy atom. The summed E-state index contributed by atoms with van der Waals surface area (Å²) in [6.45, 7) is -0.221. The summed E-state index contributed by atoms with van der Waals surface area (Å²) in [5, 5.41) is 3.24. The molecule has 0 bridgehead atoms. The van der Waals surface area contributed by atoms with E-state index in [1.54, 1.807) is 48.8 Å². The Labute approximate surface area is 188 Å². The first-order chi connectivity index (χ1) is 15.6. The highest BCUT2D eigenvalue weighted by Gasteiger charge is 2.13. The molecule has 8 heteroatoms. The van der Waals surface area contributed by atoms with Crippen LogP contribution in [0, 0.1) is 0 Å². The maximum absolute atomic E-state index is 12.5. The van der Waals surface area contributed by atoms with Gasteiger partial charge in [-0.25, -0.2) is 4.98 Å². The van der Waals surface area contributed by atoms with Gasteiger partial charge in [-0.3, -0.25) is 19.9 Å². The van der Waals surface area contributed by atoms with E-state index in [2.05, 4.69) is 15.3 Å². The molecule has 0 radical (unpaired) electrons. The van der Waals surface area contributed by atoms with Gasteiger partial charge in [-0.1, -0.05) is 29.5 Å². The van der Waals surface area contributed by atoms with Crippen LogP contribution in [-0.4, -0.2) is 35.4 Å². The predicted molar refractivity (Wildman–Crippen MR) is 124 cm³/mol. The summed E-state index contributed by atoms with van der Waals surface area (Å²) in [6.07, 6.45) is 6.52. The number of carbonyl (C=O) groups excluding carboxylic acids is 2. The molecule has 0 spiro atoms. The average molecular weight is 446 g/mol. The number of aromatic nitrogens is 2. The zero-order valence-electron chi connectivity index (χ0n) is 17.1. The van der Waals surface area contributed by atoms with Gasteiger partial charge in [0.1, 0.15) is 0 Å². The molecule has 32 heavy (non-hydrogen) atoms. The van der Waals surface area contributed by atoms with Crippen molar-refractivity contribution >= 4 is 44.5 Å². The van der Waals surface area contributed by atoms with Crippen LogP contribution in [0.4, 0.5) is 5.13 Å². The highest BCUT2D eigenvalue weighted by molar-refractivity contribution is 7.22. The molecule has 160 valence electrons. The van der Waals surface area contributed by atoms with Crippen molar-refractivity contribution in [3.8, 4) is 11.5 Å². The number of anilines is 1. The number of ether oxygens (including phenoxy) is 2. The molecule has 2 heterocycles. The van der Waals surface area contributed by atoms with E-state index in [1.807, 2.05) is 24.3 Å². The van der Waals surface area contributed by atoms with Gasteiger partial charge in [0.05, 0.1) is 17.3 Å². The number of nitrogens with one attached hydrogen (secondary N) is 1. The Kier molecular flexibility index (Phi) is 6.52. The van der Waals surface area contributed by atoms with Crippen molar-refractivity contribution in [1.29, 1.82) is 0 Å². The van der Waals surface area contributed by atoms with Crippen LogP contribution in [-0.2, 0) is 4.79 Å². The fraction of sp³-hybridized carbons (Fsp3) is 0.0833. The zero-order chi connectivity index (χ0) is 22.3. The number of nitrogens with zero attached hydrogens (tertiary/aromatic N) is 2. The van der Waals surface area contributed by atoms with Crippen LogP contribution in [0.3, 0.4) is 0 Å². The molecule has 1 amide bonds. The Bertz CT molecular complexity index is 1250. The number of hydrogen-bond donors (Lipinski definition) is 1. The molecular weight excluding hydrogens is 426 g/mol. The molecule has 0 fully saturated rings. The van der Waals surface area contributed by atoms with Gasteiger partial charge < -0.3 is 9.47 Å². The van der Waals surface area contributed by atoms with Crippen LogP contribution in [0.5, 0.6) is 11.5 Å². The summed E-state index contributed by atoms with van der Waals surface area (Å²) in [4.78, 5) is 33.1.